The number of fused-ring (bicyclic) bond motifs is 2. The number of nitrogens with zero attached hydrogens (tertiary/aromatic N) is 5. The van der Waals surface area contributed by atoms with E-state index in [4.69, 9.17) is 10.1 Å². The number of aryl methyl sites for hydroxylation is 1. The number of hydrazone groups is 1. The number of amides is 1. The molecule has 6 rings (SSSR count). The number of thioether (sulfide) groups is 1. The number of carbonyl (C=O) groups is 1. The topological polar surface area (TPSA) is 95.9 Å². The van der Waals surface area contributed by atoms with Crippen molar-refractivity contribution in [1.29, 1.82) is 5.41 Å². The quantitative estimate of drug-likeness (QED) is 0.368. The molecule has 37 heavy (non-hydrogen) atoms. The lowest BCUT2D eigenvalue weighted by Crippen LogP contribution is -2.35. The van der Waals surface area contributed by atoms with Gasteiger partial charge < -0.3 is 9.30 Å². The minimum atomic E-state index is -0.453. The van der Waals surface area contributed by atoms with E-state index in [1.807, 2.05) is 73.8 Å². The highest BCUT2D eigenvalue weighted by molar-refractivity contribution is 8.27. The predicted molar refractivity (Wildman–Crippen MR) is 147 cm³/mol. The van der Waals surface area contributed by atoms with Gasteiger partial charge in [0.15, 0.2) is 5.84 Å². The number of ether oxygens (including phenoxy) is 1. The van der Waals surface area contributed by atoms with Crippen molar-refractivity contribution in [3.8, 4) is 5.75 Å². The van der Waals surface area contributed by atoms with Gasteiger partial charge >= 0.3 is 0 Å². The first-order valence-corrected chi connectivity index (χ1v) is 12.6. The van der Waals surface area contributed by atoms with Gasteiger partial charge in [0.2, 0.25) is 5.17 Å². The maximum atomic E-state index is 13.0. The molecular weight excluding hydrogens is 484 g/mol. The summed E-state index contributed by atoms with van der Waals surface area (Å²) in [5.74, 6) is 0.376. The van der Waals surface area contributed by atoms with E-state index in [2.05, 4.69) is 19.6 Å². The van der Waals surface area contributed by atoms with E-state index < -0.39 is 5.91 Å². The highest BCUT2D eigenvalue weighted by atomic mass is 32.2. The van der Waals surface area contributed by atoms with Crippen molar-refractivity contribution in [3.63, 3.8) is 0 Å². The van der Waals surface area contributed by atoms with E-state index in [9.17, 15) is 4.79 Å². The van der Waals surface area contributed by atoms with E-state index in [-0.39, 0.29) is 11.4 Å². The van der Waals surface area contributed by atoms with Crippen molar-refractivity contribution in [2.75, 3.05) is 6.61 Å². The number of pyridine rings is 1. The second-order valence-electron chi connectivity index (χ2n) is 8.62. The van der Waals surface area contributed by atoms with Crippen molar-refractivity contribution in [2.24, 2.45) is 10.1 Å². The Balaban J connectivity index is 1.28. The second kappa shape index (κ2) is 9.51. The Morgan fingerprint density at radius 3 is 2.73 bits per heavy atom. The zero-order valence-corrected chi connectivity index (χ0v) is 20.8. The fourth-order valence-electron chi connectivity index (χ4n) is 4.23. The largest absolute Gasteiger partial charge is 0.492 e. The van der Waals surface area contributed by atoms with Crippen LogP contribution in [-0.4, -0.2) is 43.1 Å². The summed E-state index contributed by atoms with van der Waals surface area (Å²) >= 11 is 1.26. The Labute approximate surface area is 217 Å². The highest BCUT2D eigenvalue weighted by Gasteiger charge is 2.36. The van der Waals surface area contributed by atoms with Gasteiger partial charge in [-0.25, -0.2) is 0 Å². The zero-order valence-electron chi connectivity index (χ0n) is 20.0. The lowest BCUT2D eigenvalue weighted by atomic mass is 10.1. The Morgan fingerprint density at radius 1 is 1.08 bits per heavy atom. The van der Waals surface area contributed by atoms with Crippen LogP contribution in [-0.2, 0) is 11.3 Å². The fourth-order valence-corrected chi connectivity index (χ4v) is 5.11. The van der Waals surface area contributed by atoms with Crippen LogP contribution in [0.3, 0.4) is 0 Å². The molecular formula is C28H22N6O2S. The van der Waals surface area contributed by atoms with Gasteiger partial charge in [0.05, 0.1) is 12.1 Å². The van der Waals surface area contributed by atoms with Gasteiger partial charge in [-0.1, -0.05) is 35.9 Å². The Morgan fingerprint density at radius 2 is 1.92 bits per heavy atom. The summed E-state index contributed by atoms with van der Waals surface area (Å²) in [5, 5.41) is 16.7. The molecule has 182 valence electrons. The van der Waals surface area contributed by atoms with E-state index in [1.54, 1.807) is 18.5 Å². The van der Waals surface area contributed by atoms with Gasteiger partial charge in [0, 0.05) is 40.6 Å². The van der Waals surface area contributed by atoms with Crippen LogP contribution in [0.25, 0.3) is 17.0 Å². The van der Waals surface area contributed by atoms with E-state index in [0.29, 0.717) is 23.4 Å². The summed E-state index contributed by atoms with van der Waals surface area (Å²) in [4.78, 5) is 21.3. The van der Waals surface area contributed by atoms with Crippen LogP contribution in [0.4, 0.5) is 0 Å². The summed E-state index contributed by atoms with van der Waals surface area (Å²) in [7, 11) is 0. The molecule has 0 atom stereocenters. The first kappa shape index (κ1) is 22.9. The standard InChI is InChI=1S/C28H22N6O2S/c1-18-8-10-21(11-9-18)36-14-13-33-17-20(22-6-2-3-7-24(22)33)15-23-25(29)34-28(31-26(23)35)37-27(32-34)19-5-4-12-30-16-19/h2-12,15-17,29H,13-14H2,1H3/b23-15-,29-25?. The molecule has 0 saturated heterocycles. The number of carbonyl (C=O) groups excluding carboxylic acids is 1. The van der Waals surface area contributed by atoms with Gasteiger partial charge in [-0.2, -0.15) is 15.1 Å². The highest BCUT2D eigenvalue weighted by Crippen LogP contribution is 2.32. The minimum Gasteiger partial charge on any atom is -0.492 e. The van der Waals surface area contributed by atoms with Crippen molar-refractivity contribution >= 4 is 50.7 Å². The van der Waals surface area contributed by atoms with Crippen LogP contribution in [0.1, 0.15) is 16.7 Å². The molecule has 0 saturated carbocycles. The smallest absolute Gasteiger partial charge is 0.283 e. The van der Waals surface area contributed by atoms with Gasteiger partial charge in [-0.15, -0.1) is 0 Å². The minimum absolute atomic E-state index is 0.000857. The van der Waals surface area contributed by atoms with Crippen LogP contribution in [0.5, 0.6) is 5.75 Å². The number of benzene rings is 2. The summed E-state index contributed by atoms with van der Waals surface area (Å²) in [6.07, 6.45) is 7.10. The molecule has 2 aromatic carbocycles. The number of hydrogen-bond acceptors (Lipinski definition) is 6. The van der Waals surface area contributed by atoms with Gasteiger partial charge in [-0.05, 0) is 55.1 Å². The molecule has 0 radical (unpaired) electrons. The maximum absolute atomic E-state index is 13.0. The molecule has 2 aliphatic heterocycles. The molecule has 0 spiro atoms. The molecule has 1 amide bonds. The van der Waals surface area contributed by atoms with Gasteiger partial charge in [0.25, 0.3) is 5.91 Å². The average molecular weight is 507 g/mol. The third-order valence-corrected chi connectivity index (χ3v) is 7.06. The van der Waals surface area contributed by atoms with E-state index in [0.717, 1.165) is 27.8 Å². The number of para-hydroxylation sites is 1. The zero-order chi connectivity index (χ0) is 25.4. The third kappa shape index (κ3) is 4.45. The molecule has 0 unspecified atom stereocenters. The van der Waals surface area contributed by atoms with Crippen LogP contribution >= 0.6 is 11.8 Å². The Bertz CT molecular complexity index is 1620. The Kier molecular flexibility index (Phi) is 5.90. The van der Waals surface area contributed by atoms with Crippen molar-refractivity contribution in [3.05, 3.63) is 102 Å². The Hall–Kier alpha value is -4.50. The summed E-state index contributed by atoms with van der Waals surface area (Å²) in [6, 6.07) is 19.7. The predicted octanol–water partition coefficient (Wildman–Crippen LogP) is 5.09. The normalized spacial score (nSPS) is 16.2. The van der Waals surface area contributed by atoms with Gasteiger partial charge in [0.1, 0.15) is 17.4 Å². The molecule has 0 bridgehead atoms. The first-order valence-electron chi connectivity index (χ1n) is 11.7. The number of aromatic nitrogens is 2. The summed E-state index contributed by atoms with van der Waals surface area (Å²) < 4.78 is 8.03. The molecule has 2 aliphatic rings. The van der Waals surface area contributed by atoms with Crippen LogP contribution < -0.4 is 4.74 Å². The maximum Gasteiger partial charge on any atom is 0.283 e. The lowest BCUT2D eigenvalue weighted by Gasteiger charge is -2.20. The summed E-state index contributed by atoms with van der Waals surface area (Å²) in [5.41, 5.74) is 4.05. The first-order chi connectivity index (χ1) is 18.1. The van der Waals surface area contributed by atoms with Crippen LogP contribution in [0.2, 0.25) is 0 Å². The molecule has 4 aromatic rings. The molecule has 0 aliphatic carbocycles. The SMILES string of the molecule is Cc1ccc(OCCn2cc(/C=C3/C(=N)N4N=C(c5cccnc5)SC4=NC3=O)c3ccccc32)cc1. The fraction of sp³-hybridized carbons (Fsp3) is 0.107. The lowest BCUT2D eigenvalue weighted by molar-refractivity contribution is -0.114. The number of nitrogens with one attached hydrogen (secondary N) is 1. The molecule has 0 fully saturated rings. The van der Waals surface area contributed by atoms with Gasteiger partial charge in [-0.3, -0.25) is 15.2 Å². The molecule has 4 heterocycles. The molecule has 9 heteroatoms. The van der Waals surface area contributed by atoms with Crippen LogP contribution in [0.15, 0.2) is 94.9 Å². The average Bonchev–Trinajstić information content (AvgIpc) is 3.50. The number of hydrogen-bond donors (Lipinski definition) is 1. The van der Waals surface area contributed by atoms with Crippen molar-refractivity contribution < 1.29 is 9.53 Å². The second-order valence-corrected chi connectivity index (χ2v) is 9.58. The van der Waals surface area contributed by atoms with Crippen molar-refractivity contribution in [1.82, 2.24) is 14.6 Å². The molecule has 1 N–H and O–H groups in total. The van der Waals surface area contributed by atoms with E-state index in [1.165, 1.54) is 22.3 Å². The van der Waals surface area contributed by atoms with E-state index >= 15 is 0 Å². The molecule has 8 nitrogen and oxygen atoms in total. The third-order valence-electron chi connectivity index (χ3n) is 6.10. The molecule has 2 aromatic heterocycles. The van der Waals surface area contributed by atoms with Crippen LogP contribution in [0, 0.1) is 12.3 Å². The number of rotatable bonds is 6. The number of amidine groups is 2. The monoisotopic (exact) mass is 506 g/mol. The van der Waals surface area contributed by atoms with Crippen molar-refractivity contribution in [2.45, 2.75) is 13.5 Å². The summed E-state index contributed by atoms with van der Waals surface area (Å²) in [6.45, 7) is 3.17. The number of aliphatic imine (C=N–C) groups is 1.